The largest absolute Gasteiger partial charge is 0.481 e. The molecule has 0 amide bonds. The molecule has 0 aliphatic carbocycles. The Kier molecular flexibility index (Phi) is 2.95. The third-order valence-electron chi connectivity index (χ3n) is 2.14. The van der Waals surface area contributed by atoms with E-state index in [1.54, 1.807) is 13.8 Å². The fourth-order valence-corrected chi connectivity index (χ4v) is 1.96. The molecule has 14 heavy (non-hydrogen) atoms. The van der Waals surface area contributed by atoms with Crippen LogP contribution in [0.5, 0.6) is 0 Å². The second kappa shape index (κ2) is 3.69. The van der Waals surface area contributed by atoms with Crippen molar-refractivity contribution in [1.82, 2.24) is 0 Å². The highest BCUT2D eigenvalue weighted by atomic mass is 79.9. The summed E-state index contributed by atoms with van der Waals surface area (Å²) >= 11 is 3.15. The van der Waals surface area contributed by atoms with Crippen molar-refractivity contribution >= 4 is 21.9 Å². The molecule has 0 radical (unpaired) electrons. The van der Waals surface area contributed by atoms with Gasteiger partial charge in [-0.2, -0.15) is 0 Å². The van der Waals surface area contributed by atoms with Gasteiger partial charge >= 0.3 is 5.97 Å². The minimum atomic E-state index is -1.02. The smallest absolute Gasteiger partial charge is 0.313 e. The molecule has 1 aromatic rings. The Bertz CT molecular complexity index is 374. The van der Waals surface area contributed by atoms with E-state index in [-0.39, 0.29) is 5.82 Å². The molecule has 0 aliphatic heterocycles. The third-order valence-corrected chi connectivity index (χ3v) is 2.80. The van der Waals surface area contributed by atoms with E-state index in [0.717, 1.165) is 0 Å². The van der Waals surface area contributed by atoms with Gasteiger partial charge in [0.25, 0.3) is 0 Å². The lowest BCUT2D eigenvalue weighted by Crippen LogP contribution is -2.28. The van der Waals surface area contributed by atoms with E-state index in [9.17, 15) is 9.18 Å². The molecule has 1 rings (SSSR count). The van der Waals surface area contributed by atoms with Crippen molar-refractivity contribution < 1.29 is 14.3 Å². The second-order valence-electron chi connectivity index (χ2n) is 3.55. The van der Waals surface area contributed by atoms with Crippen molar-refractivity contribution in [3.8, 4) is 0 Å². The maximum absolute atomic E-state index is 12.8. The van der Waals surface area contributed by atoms with Gasteiger partial charge in [-0.1, -0.05) is 22.0 Å². The van der Waals surface area contributed by atoms with E-state index < -0.39 is 11.4 Å². The van der Waals surface area contributed by atoms with Crippen molar-refractivity contribution in [2.75, 3.05) is 0 Å². The van der Waals surface area contributed by atoms with E-state index in [1.807, 2.05) is 0 Å². The summed E-state index contributed by atoms with van der Waals surface area (Å²) < 4.78 is 13.2. The Labute approximate surface area is 89.9 Å². The Morgan fingerprint density at radius 1 is 1.50 bits per heavy atom. The van der Waals surface area contributed by atoms with Crippen LogP contribution < -0.4 is 0 Å². The Hall–Kier alpha value is -0.900. The number of hydrogen-bond donors (Lipinski definition) is 1. The summed E-state index contributed by atoms with van der Waals surface area (Å²) in [5.74, 6) is -1.33. The molecule has 1 aromatic carbocycles. The summed E-state index contributed by atoms with van der Waals surface area (Å²) in [5.41, 5.74) is -0.460. The molecule has 0 spiro atoms. The van der Waals surface area contributed by atoms with Gasteiger partial charge in [-0.05, 0) is 31.5 Å². The van der Waals surface area contributed by atoms with Crippen LogP contribution in [-0.2, 0) is 10.2 Å². The van der Waals surface area contributed by atoms with Gasteiger partial charge in [0.05, 0.1) is 5.41 Å². The highest BCUT2D eigenvalue weighted by Gasteiger charge is 2.31. The van der Waals surface area contributed by atoms with Crippen LogP contribution in [0.2, 0.25) is 0 Å². The number of hydrogen-bond acceptors (Lipinski definition) is 1. The van der Waals surface area contributed by atoms with Crippen molar-refractivity contribution in [2.45, 2.75) is 19.3 Å². The number of benzene rings is 1. The first-order chi connectivity index (χ1) is 6.35. The highest BCUT2D eigenvalue weighted by Crippen LogP contribution is 2.30. The van der Waals surface area contributed by atoms with Gasteiger partial charge in [-0.15, -0.1) is 0 Å². The van der Waals surface area contributed by atoms with Crippen molar-refractivity contribution in [2.24, 2.45) is 0 Å². The zero-order chi connectivity index (χ0) is 10.9. The Morgan fingerprint density at radius 3 is 2.50 bits per heavy atom. The van der Waals surface area contributed by atoms with E-state index in [0.29, 0.717) is 10.0 Å². The Morgan fingerprint density at radius 2 is 2.07 bits per heavy atom. The molecular formula is C10H10BrFO2. The van der Waals surface area contributed by atoms with Gasteiger partial charge < -0.3 is 5.11 Å². The van der Waals surface area contributed by atoms with Crippen LogP contribution in [0.4, 0.5) is 4.39 Å². The molecule has 0 bridgehead atoms. The van der Waals surface area contributed by atoms with E-state index in [2.05, 4.69) is 15.9 Å². The molecule has 76 valence electrons. The molecule has 0 aromatic heterocycles. The van der Waals surface area contributed by atoms with Gasteiger partial charge in [0.15, 0.2) is 0 Å². The van der Waals surface area contributed by atoms with Crippen molar-refractivity contribution in [1.29, 1.82) is 0 Å². The summed E-state index contributed by atoms with van der Waals surface area (Å²) in [6, 6.07) is 4.00. The summed E-state index contributed by atoms with van der Waals surface area (Å²) in [4.78, 5) is 10.9. The fourth-order valence-electron chi connectivity index (χ4n) is 1.11. The van der Waals surface area contributed by atoms with E-state index >= 15 is 0 Å². The van der Waals surface area contributed by atoms with Crippen LogP contribution in [0, 0.1) is 5.82 Å². The number of carboxylic acid groups (broad SMARTS) is 1. The van der Waals surface area contributed by atoms with Crippen LogP contribution >= 0.6 is 15.9 Å². The molecule has 0 heterocycles. The van der Waals surface area contributed by atoms with Gasteiger partial charge in [0.1, 0.15) is 5.82 Å². The lowest BCUT2D eigenvalue weighted by molar-refractivity contribution is -0.142. The lowest BCUT2D eigenvalue weighted by Gasteiger charge is -2.21. The summed E-state index contributed by atoms with van der Waals surface area (Å²) in [6.07, 6.45) is 0. The molecule has 4 heteroatoms. The van der Waals surface area contributed by atoms with Crippen molar-refractivity contribution in [3.63, 3.8) is 0 Å². The fraction of sp³-hybridized carbons (Fsp3) is 0.300. The predicted octanol–water partition coefficient (Wildman–Crippen LogP) is 2.95. The Balaban J connectivity index is 3.26. The minimum Gasteiger partial charge on any atom is -0.481 e. The second-order valence-corrected chi connectivity index (χ2v) is 4.41. The van der Waals surface area contributed by atoms with Crippen LogP contribution in [0.3, 0.4) is 0 Å². The number of carbonyl (C=O) groups is 1. The van der Waals surface area contributed by atoms with Crippen LogP contribution in [-0.4, -0.2) is 11.1 Å². The average Bonchev–Trinajstić information content (AvgIpc) is 2.02. The van der Waals surface area contributed by atoms with Gasteiger partial charge in [0.2, 0.25) is 0 Å². The van der Waals surface area contributed by atoms with Crippen LogP contribution in [0.25, 0.3) is 0 Å². The average molecular weight is 261 g/mol. The van der Waals surface area contributed by atoms with Gasteiger partial charge in [0, 0.05) is 4.47 Å². The first-order valence-electron chi connectivity index (χ1n) is 4.04. The van der Waals surface area contributed by atoms with E-state index in [1.165, 1.54) is 18.2 Å². The summed E-state index contributed by atoms with van der Waals surface area (Å²) in [7, 11) is 0. The number of aliphatic carboxylic acids is 1. The third kappa shape index (κ3) is 1.95. The molecule has 0 unspecified atom stereocenters. The van der Waals surface area contributed by atoms with Crippen LogP contribution in [0.1, 0.15) is 19.4 Å². The lowest BCUT2D eigenvalue weighted by atomic mass is 9.85. The van der Waals surface area contributed by atoms with Gasteiger partial charge in [-0.3, -0.25) is 4.79 Å². The standard InChI is InChI=1S/C10H10BrFO2/c1-10(2,9(13)14)7-4-3-6(12)5-8(7)11/h3-5H,1-2H3,(H,13,14). The van der Waals surface area contributed by atoms with Crippen LogP contribution in [0.15, 0.2) is 22.7 Å². The first kappa shape index (κ1) is 11.2. The minimum absolute atomic E-state index is 0.387. The maximum Gasteiger partial charge on any atom is 0.313 e. The molecule has 0 fully saturated rings. The zero-order valence-corrected chi connectivity index (χ0v) is 9.43. The maximum atomic E-state index is 12.8. The zero-order valence-electron chi connectivity index (χ0n) is 7.84. The monoisotopic (exact) mass is 260 g/mol. The molecule has 0 atom stereocenters. The molecule has 0 aliphatic rings. The number of carboxylic acids is 1. The SMILES string of the molecule is CC(C)(C(=O)O)c1ccc(F)cc1Br. The quantitative estimate of drug-likeness (QED) is 0.888. The molecule has 1 N–H and O–H groups in total. The predicted molar refractivity (Wildman–Crippen MR) is 54.8 cm³/mol. The van der Waals surface area contributed by atoms with Gasteiger partial charge in [-0.25, -0.2) is 4.39 Å². The topological polar surface area (TPSA) is 37.3 Å². The molecular weight excluding hydrogens is 251 g/mol. The normalized spacial score (nSPS) is 11.4. The summed E-state index contributed by atoms with van der Waals surface area (Å²) in [5, 5.41) is 8.97. The van der Waals surface area contributed by atoms with E-state index in [4.69, 9.17) is 5.11 Å². The number of halogens is 2. The first-order valence-corrected chi connectivity index (χ1v) is 4.84. The molecule has 2 nitrogen and oxygen atoms in total. The molecule has 0 saturated heterocycles. The van der Waals surface area contributed by atoms with Crippen molar-refractivity contribution in [3.05, 3.63) is 34.1 Å². The highest BCUT2D eigenvalue weighted by molar-refractivity contribution is 9.10. The number of rotatable bonds is 2. The summed E-state index contributed by atoms with van der Waals surface area (Å²) in [6.45, 7) is 3.15. The molecule has 0 saturated carbocycles.